The third-order valence-electron chi connectivity index (χ3n) is 4.79. The second-order valence-electron chi connectivity index (χ2n) is 6.36. The first kappa shape index (κ1) is 15.2. The van der Waals surface area contributed by atoms with Crippen molar-refractivity contribution in [1.82, 2.24) is 14.9 Å². The molecule has 2 heterocycles. The van der Waals surface area contributed by atoms with Crippen LogP contribution in [0, 0.1) is 5.92 Å². The molecule has 0 atom stereocenters. The predicted octanol–water partition coefficient (Wildman–Crippen LogP) is 3.19. The monoisotopic (exact) mass is 299 g/mol. The second-order valence-corrected chi connectivity index (χ2v) is 6.36. The molecule has 1 N–H and O–H groups in total. The van der Waals surface area contributed by atoms with Gasteiger partial charge in [0.2, 0.25) is 0 Å². The summed E-state index contributed by atoms with van der Waals surface area (Å²) >= 11 is 0. The number of para-hydroxylation sites is 2. The zero-order valence-electron chi connectivity index (χ0n) is 13.3. The van der Waals surface area contributed by atoms with Crippen LogP contribution in [-0.4, -0.2) is 40.3 Å². The SMILES string of the molecule is CCC1CCN(CCC(=O)Cc2nc3ccccc3[nH]2)CC1. The van der Waals surface area contributed by atoms with E-state index in [0.717, 1.165) is 42.4 Å². The van der Waals surface area contributed by atoms with Crippen molar-refractivity contribution in [2.75, 3.05) is 19.6 Å². The Morgan fingerprint density at radius 3 is 2.82 bits per heavy atom. The minimum absolute atomic E-state index is 0.275. The molecule has 0 saturated carbocycles. The normalized spacial score (nSPS) is 17.1. The van der Waals surface area contributed by atoms with Crippen LogP contribution >= 0.6 is 0 Å². The fourth-order valence-corrected chi connectivity index (χ4v) is 3.27. The van der Waals surface area contributed by atoms with E-state index in [9.17, 15) is 4.79 Å². The fourth-order valence-electron chi connectivity index (χ4n) is 3.27. The first-order valence-corrected chi connectivity index (χ1v) is 8.42. The fraction of sp³-hybridized carbons (Fsp3) is 0.556. The molecule has 2 aromatic rings. The predicted molar refractivity (Wildman–Crippen MR) is 88.9 cm³/mol. The number of aromatic nitrogens is 2. The standard InChI is InChI=1S/C18H25N3O/c1-2-14-7-10-21(11-8-14)12-9-15(22)13-18-19-16-5-3-4-6-17(16)20-18/h3-6,14H,2,7-13H2,1H3,(H,19,20). The van der Waals surface area contributed by atoms with E-state index in [2.05, 4.69) is 21.8 Å². The van der Waals surface area contributed by atoms with Gasteiger partial charge in [-0.25, -0.2) is 4.98 Å². The van der Waals surface area contributed by atoms with Gasteiger partial charge in [0, 0.05) is 13.0 Å². The summed E-state index contributed by atoms with van der Waals surface area (Å²) in [5.74, 6) is 1.95. The zero-order valence-corrected chi connectivity index (χ0v) is 13.3. The first-order valence-electron chi connectivity index (χ1n) is 8.42. The lowest BCUT2D eigenvalue weighted by Gasteiger charge is -2.31. The summed E-state index contributed by atoms with van der Waals surface area (Å²) in [4.78, 5) is 22.3. The van der Waals surface area contributed by atoms with E-state index in [0.29, 0.717) is 12.8 Å². The van der Waals surface area contributed by atoms with Gasteiger partial charge in [0.1, 0.15) is 11.6 Å². The lowest BCUT2D eigenvalue weighted by Crippen LogP contribution is -2.35. The maximum Gasteiger partial charge on any atom is 0.141 e. The lowest BCUT2D eigenvalue weighted by molar-refractivity contribution is -0.118. The van der Waals surface area contributed by atoms with Crippen molar-refractivity contribution in [3.8, 4) is 0 Å². The number of ketones is 1. The number of hydrogen-bond acceptors (Lipinski definition) is 3. The van der Waals surface area contributed by atoms with Gasteiger partial charge in [-0.15, -0.1) is 0 Å². The van der Waals surface area contributed by atoms with Gasteiger partial charge >= 0.3 is 0 Å². The van der Waals surface area contributed by atoms with Crippen LogP contribution in [0.15, 0.2) is 24.3 Å². The van der Waals surface area contributed by atoms with Gasteiger partial charge in [-0.2, -0.15) is 0 Å². The van der Waals surface area contributed by atoms with E-state index in [-0.39, 0.29) is 5.78 Å². The van der Waals surface area contributed by atoms with Crippen molar-refractivity contribution in [1.29, 1.82) is 0 Å². The highest BCUT2D eigenvalue weighted by Crippen LogP contribution is 2.20. The molecule has 0 bridgehead atoms. The van der Waals surface area contributed by atoms with E-state index in [1.165, 1.54) is 19.3 Å². The Morgan fingerprint density at radius 2 is 2.09 bits per heavy atom. The number of rotatable bonds is 6. The molecular weight excluding hydrogens is 274 g/mol. The Bertz CT molecular complexity index is 593. The van der Waals surface area contributed by atoms with Crippen LogP contribution in [-0.2, 0) is 11.2 Å². The van der Waals surface area contributed by atoms with Crippen LogP contribution in [0.4, 0.5) is 0 Å². The van der Waals surface area contributed by atoms with Crippen molar-refractivity contribution in [2.45, 2.75) is 39.0 Å². The molecule has 3 rings (SSSR count). The lowest BCUT2D eigenvalue weighted by atomic mass is 9.94. The number of likely N-dealkylation sites (tertiary alicyclic amines) is 1. The third kappa shape index (κ3) is 3.74. The highest BCUT2D eigenvalue weighted by atomic mass is 16.1. The Kier molecular flexibility index (Phi) is 4.88. The van der Waals surface area contributed by atoms with Crippen LogP contribution < -0.4 is 0 Å². The molecule has 0 unspecified atom stereocenters. The maximum absolute atomic E-state index is 12.2. The van der Waals surface area contributed by atoms with Gasteiger partial charge in [-0.05, 0) is 44.0 Å². The van der Waals surface area contributed by atoms with Crippen LogP contribution in [0.25, 0.3) is 11.0 Å². The van der Waals surface area contributed by atoms with E-state index < -0.39 is 0 Å². The Labute approximate surface area is 131 Å². The first-order chi connectivity index (χ1) is 10.7. The topological polar surface area (TPSA) is 49.0 Å². The average Bonchev–Trinajstić information content (AvgIpc) is 2.95. The summed E-state index contributed by atoms with van der Waals surface area (Å²) in [6.07, 6.45) is 4.91. The van der Waals surface area contributed by atoms with Crippen molar-refractivity contribution in [3.63, 3.8) is 0 Å². The molecule has 1 aliphatic heterocycles. The molecule has 0 spiro atoms. The zero-order chi connectivity index (χ0) is 15.4. The smallest absolute Gasteiger partial charge is 0.141 e. The van der Waals surface area contributed by atoms with E-state index in [1.807, 2.05) is 24.3 Å². The van der Waals surface area contributed by atoms with Crippen molar-refractivity contribution >= 4 is 16.8 Å². The van der Waals surface area contributed by atoms with E-state index in [1.54, 1.807) is 0 Å². The van der Waals surface area contributed by atoms with Crippen molar-refractivity contribution in [2.24, 2.45) is 5.92 Å². The molecule has 1 saturated heterocycles. The van der Waals surface area contributed by atoms with Crippen LogP contribution in [0.2, 0.25) is 0 Å². The summed E-state index contributed by atoms with van der Waals surface area (Å²) in [5, 5.41) is 0. The molecule has 1 aliphatic rings. The highest BCUT2D eigenvalue weighted by Gasteiger charge is 2.18. The van der Waals surface area contributed by atoms with Gasteiger partial charge in [0.05, 0.1) is 17.5 Å². The number of fused-ring (bicyclic) bond motifs is 1. The number of benzene rings is 1. The number of aromatic amines is 1. The summed E-state index contributed by atoms with van der Waals surface area (Å²) in [6.45, 7) is 5.47. The van der Waals surface area contributed by atoms with Gasteiger partial charge in [0.15, 0.2) is 0 Å². The van der Waals surface area contributed by atoms with Crippen molar-refractivity contribution < 1.29 is 4.79 Å². The number of nitrogens with zero attached hydrogens (tertiary/aromatic N) is 2. The average molecular weight is 299 g/mol. The van der Waals surface area contributed by atoms with Gasteiger partial charge in [-0.1, -0.05) is 25.5 Å². The second kappa shape index (κ2) is 7.05. The number of Topliss-reactive ketones (excluding diaryl/α,β-unsaturated/α-hetero) is 1. The van der Waals surface area contributed by atoms with Crippen molar-refractivity contribution in [3.05, 3.63) is 30.1 Å². The molecule has 4 heteroatoms. The molecule has 0 amide bonds. The number of piperidine rings is 1. The molecule has 1 fully saturated rings. The summed E-state index contributed by atoms with van der Waals surface area (Å²) in [6, 6.07) is 7.91. The quantitative estimate of drug-likeness (QED) is 0.891. The number of carbonyl (C=O) groups excluding carboxylic acids is 1. The number of nitrogens with one attached hydrogen (secondary N) is 1. The molecule has 1 aromatic carbocycles. The minimum Gasteiger partial charge on any atom is -0.342 e. The Morgan fingerprint density at radius 1 is 1.32 bits per heavy atom. The number of imidazole rings is 1. The molecule has 4 nitrogen and oxygen atoms in total. The van der Waals surface area contributed by atoms with Gasteiger partial charge in [0.25, 0.3) is 0 Å². The molecule has 0 radical (unpaired) electrons. The van der Waals surface area contributed by atoms with E-state index in [4.69, 9.17) is 0 Å². The van der Waals surface area contributed by atoms with Crippen LogP contribution in [0.1, 0.15) is 38.4 Å². The number of hydrogen-bond donors (Lipinski definition) is 1. The molecule has 1 aromatic heterocycles. The Hall–Kier alpha value is -1.68. The number of carbonyl (C=O) groups is 1. The van der Waals surface area contributed by atoms with Crippen LogP contribution in [0.3, 0.4) is 0 Å². The maximum atomic E-state index is 12.2. The van der Waals surface area contributed by atoms with Gasteiger partial charge in [-0.3, -0.25) is 4.79 Å². The molecule has 22 heavy (non-hydrogen) atoms. The summed E-state index contributed by atoms with van der Waals surface area (Å²) < 4.78 is 0. The molecular formula is C18H25N3O. The van der Waals surface area contributed by atoms with Gasteiger partial charge < -0.3 is 9.88 Å². The highest BCUT2D eigenvalue weighted by molar-refractivity contribution is 5.82. The summed E-state index contributed by atoms with van der Waals surface area (Å²) in [7, 11) is 0. The van der Waals surface area contributed by atoms with Crippen LogP contribution in [0.5, 0.6) is 0 Å². The number of H-pyrrole nitrogens is 1. The third-order valence-corrected chi connectivity index (χ3v) is 4.79. The molecule has 118 valence electrons. The van der Waals surface area contributed by atoms with E-state index >= 15 is 0 Å². The summed E-state index contributed by atoms with van der Waals surface area (Å²) in [5.41, 5.74) is 1.94. The minimum atomic E-state index is 0.275. The Balaban J connectivity index is 1.46. The largest absolute Gasteiger partial charge is 0.342 e. The molecule has 0 aliphatic carbocycles.